The normalized spacial score (nSPS) is 14.8. The van der Waals surface area contributed by atoms with Gasteiger partial charge in [0.2, 0.25) is 0 Å². The number of hydrogen-bond acceptors (Lipinski definition) is 5. The van der Waals surface area contributed by atoms with Gasteiger partial charge in [-0.3, -0.25) is 14.9 Å². The Hall–Kier alpha value is -2.93. The standard InChI is InChI=1S/C20H24N4O3/c1-3-22-11-13-23(14-12-22)19-9-5-4-8-17(19)21-20(25)16-7-6-10-18(15(16)2)24(26)27/h4-10H,3,11-14H2,1-2H3,(H,21,25). The Bertz CT molecular complexity index is 845. The van der Waals surface area contributed by atoms with Gasteiger partial charge in [0.15, 0.2) is 0 Å². The molecule has 1 aliphatic rings. The number of nitrogens with one attached hydrogen (secondary N) is 1. The van der Waals surface area contributed by atoms with Gasteiger partial charge in [-0.2, -0.15) is 0 Å². The molecule has 27 heavy (non-hydrogen) atoms. The van der Waals surface area contributed by atoms with E-state index in [1.807, 2.05) is 24.3 Å². The van der Waals surface area contributed by atoms with Gasteiger partial charge in [-0.05, 0) is 31.7 Å². The molecule has 7 heteroatoms. The van der Waals surface area contributed by atoms with E-state index in [1.165, 1.54) is 12.1 Å². The second-order valence-corrected chi connectivity index (χ2v) is 6.60. The van der Waals surface area contributed by atoms with Crippen molar-refractivity contribution in [3.05, 3.63) is 63.7 Å². The van der Waals surface area contributed by atoms with Crippen molar-refractivity contribution in [3.63, 3.8) is 0 Å². The van der Waals surface area contributed by atoms with E-state index in [0.29, 0.717) is 11.1 Å². The van der Waals surface area contributed by atoms with Gasteiger partial charge in [0, 0.05) is 43.4 Å². The molecule has 0 aliphatic carbocycles. The molecule has 142 valence electrons. The van der Waals surface area contributed by atoms with Crippen molar-refractivity contribution in [1.29, 1.82) is 0 Å². The van der Waals surface area contributed by atoms with Gasteiger partial charge in [0.25, 0.3) is 11.6 Å². The molecule has 1 saturated heterocycles. The second kappa shape index (κ2) is 8.18. The number of piperazine rings is 1. The molecule has 0 aromatic heterocycles. The zero-order chi connectivity index (χ0) is 19.4. The summed E-state index contributed by atoms with van der Waals surface area (Å²) in [5.41, 5.74) is 2.33. The van der Waals surface area contributed by atoms with E-state index in [1.54, 1.807) is 13.0 Å². The summed E-state index contributed by atoms with van der Waals surface area (Å²) in [6, 6.07) is 12.3. The van der Waals surface area contributed by atoms with Crippen LogP contribution in [0.5, 0.6) is 0 Å². The summed E-state index contributed by atoms with van der Waals surface area (Å²) < 4.78 is 0. The summed E-state index contributed by atoms with van der Waals surface area (Å²) in [6.45, 7) is 8.57. The molecule has 0 saturated carbocycles. The largest absolute Gasteiger partial charge is 0.367 e. The summed E-state index contributed by atoms with van der Waals surface area (Å²) in [6.07, 6.45) is 0. The van der Waals surface area contributed by atoms with Crippen molar-refractivity contribution >= 4 is 23.0 Å². The van der Waals surface area contributed by atoms with E-state index in [2.05, 4.69) is 22.0 Å². The Kier molecular flexibility index (Phi) is 5.71. The average molecular weight is 368 g/mol. The molecule has 1 fully saturated rings. The quantitative estimate of drug-likeness (QED) is 0.647. The molecule has 0 bridgehead atoms. The zero-order valence-electron chi connectivity index (χ0n) is 15.6. The van der Waals surface area contributed by atoms with E-state index < -0.39 is 4.92 Å². The van der Waals surface area contributed by atoms with E-state index >= 15 is 0 Å². The van der Waals surface area contributed by atoms with Gasteiger partial charge in [0.05, 0.1) is 16.3 Å². The zero-order valence-corrected chi connectivity index (χ0v) is 15.6. The first kappa shape index (κ1) is 18.8. The fourth-order valence-corrected chi connectivity index (χ4v) is 3.42. The van der Waals surface area contributed by atoms with Crippen LogP contribution in [0, 0.1) is 17.0 Å². The van der Waals surface area contributed by atoms with Gasteiger partial charge < -0.3 is 15.1 Å². The molecule has 0 radical (unpaired) electrons. The number of amides is 1. The molecule has 0 spiro atoms. The minimum Gasteiger partial charge on any atom is -0.367 e. The maximum absolute atomic E-state index is 12.8. The first-order chi connectivity index (χ1) is 13.0. The smallest absolute Gasteiger partial charge is 0.273 e. The number of nitrogens with zero attached hydrogens (tertiary/aromatic N) is 3. The molecule has 0 unspecified atom stereocenters. The number of para-hydroxylation sites is 2. The van der Waals surface area contributed by atoms with Crippen LogP contribution in [-0.2, 0) is 0 Å². The van der Waals surface area contributed by atoms with E-state index in [0.717, 1.165) is 44.1 Å². The summed E-state index contributed by atoms with van der Waals surface area (Å²) in [7, 11) is 0. The summed E-state index contributed by atoms with van der Waals surface area (Å²) >= 11 is 0. The maximum Gasteiger partial charge on any atom is 0.273 e. The maximum atomic E-state index is 12.8. The Labute approximate surface area is 158 Å². The van der Waals surface area contributed by atoms with Crippen molar-refractivity contribution in [2.75, 3.05) is 42.9 Å². The second-order valence-electron chi connectivity index (χ2n) is 6.60. The lowest BCUT2D eigenvalue weighted by Crippen LogP contribution is -2.46. The highest BCUT2D eigenvalue weighted by Gasteiger charge is 2.21. The molecule has 1 N–H and O–H groups in total. The number of benzene rings is 2. The SMILES string of the molecule is CCN1CCN(c2ccccc2NC(=O)c2cccc([N+](=O)[O-])c2C)CC1. The molecule has 2 aromatic carbocycles. The highest BCUT2D eigenvalue weighted by atomic mass is 16.6. The van der Waals surface area contributed by atoms with Crippen molar-refractivity contribution in [3.8, 4) is 0 Å². The number of anilines is 2. The minimum atomic E-state index is -0.465. The van der Waals surface area contributed by atoms with Crippen molar-refractivity contribution in [2.45, 2.75) is 13.8 Å². The van der Waals surface area contributed by atoms with Crippen LogP contribution in [-0.4, -0.2) is 48.5 Å². The van der Waals surface area contributed by atoms with E-state index in [-0.39, 0.29) is 11.6 Å². The van der Waals surface area contributed by atoms with Crippen LogP contribution in [0.2, 0.25) is 0 Å². The molecular formula is C20H24N4O3. The fraction of sp³-hybridized carbons (Fsp3) is 0.350. The Morgan fingerprint density at radius 1 is 1.11 bits per heavy atom. The Balaban J connectivity index is 1.82. The average Bonchev–Trinajstić information content (AvgIpc) is 2.68. The highest BCUT2D eigenvalue weighted by molar-refractivity contribution is 6.07. The summed E-state index contributed by atoms with van der Waals surface area (Å²) in [5.74, 6) is -0.337. The number of carbonyl (C=O) groups excluding carboxylic acids is 1. The van der Waals surface area contributed by atoms with Crippen LogP contribution in [0.4, 0.5) is 17.1 Å². The molecule has 0 atom stereocenters. The third-order valence-corrected chi connectivity index (χ3v) is 5.06. The van der Waals surface area contributed by atoms with Crippen molar-refractivity contribution < 1.29 is 9.72 Å². The molecule has 1 heterocycles. The predicted molar refractivity (Wildman–Crippen MR) is 107 cm³/mol. The lowest BCUT2D eigenvalue weighted by atomic mass is 10.1. The lowest BCUT2D eigenvalue weighted by Gasteiger charge is -2.36. The van der Waals surface area contributed by atoms with Crippen molar-refractivity contribution in [1.82, 2.24) is 4.90 Å². The third-order valence-electron chi connectivity index (χ3n) is 5.06. The summed E-state index contributed by atoms with van der Waals surface area (Å²) in [4.78, 5) is 28.1. The van der Waals surface area contributed by atoms with Crippen molar-refractivity contribution in [2.24, 2.45) is 0 Å². The number of likely N-dealkylation sites (N-methyl/N-ethyl adjacent to an activating group) is 1. The predicted octanol–water partition coefficient (Wildman–Crippen LogP) is 3.30. The molecular weight excluding hydrogens is 344 g/mol. The molecule has 1 amide bonds. The van der Waals surface area contributed by atoms with Crippen LogP contribution >= 0.6 is 0 Å². The summed E-state index contributed by atoms with van der Waals surface area (Å²) in [5, 5.41) is 14.1. The van der Waals surface area contributed by atoms with Gasteiger partial charge in [-0.1, -0.05) is 25.1 Å². The Morgan fingerprint density at radius 2 is 1.81 bits per heavy atom. The third kappa shape index (κ3) is 4.09. The first-order valence-corrected chi connectivity index (χ1v) is 9.13. The van der Waals surface area contributed by atoms with Crippen LogP contribution in [0.25, 0.3) is 0 Å². The van der Waals surface area contributed by atoms with Gasteiger partial charge in [-0.25, -0.2) is 0 Å². The van der Waals surface area contributed by atoms with Gasteiger partial charge >= 0.3 is 0 Å². The molecule has 1 aliphatic heterocycles. The van der Waals surface area contributed by atoms with E-state index in [9.17, 15) is 14.9 Å². The molecule has 2 aromatic rings. The van der Waals surface area contributed by atoms with Crippen LogP contribution < -0.4 is 10.2 Å². The van der Waals surface area contributed by atoms with Gasteiger partial charge in [0.1, 0.15) is 0 Å². The monoisotopic (exact) mass is 368 g/mol. The Morgan fingerprint density at radius 3 is 2.48 bits per heavy atom. The number of nitro groups is 1. The fourth-order valence-electron chi connectivity index (χ4n) is 3.42. The van der Waals surface area contributed by atoms with E-state index in [4.69, 9.17) is 0 Å². The number of carbonyl (C=O) groups is 1. The highest BCUT2D eigenvalue weighted by Crippen LogP contribution is 2.28. The topological polar surface area (TPSA) is 78.7 Å². The van der Waals surface area contributed by atoms with Crippen LogP contribution in [0.1, 0.15) is 22.8 Å². The van der Waals surface area contributed by atoms with Crippen LogP contribution in [0.3, 0.4) is 0 Å². The van der Waals surface area contributed by atoms with Gasteiger partial charge in [-0.15, -0.1) is 0 Å². The number of nitro benzene ring substituents is 1. The van der Waals surface area contributed by atoms with Crippen LogP contribution in [0.15, 0.2) is 42.5 Å². The number of hydrogen-bond donors (Lipinski definition) is 1. The molecule has 3 rings (SSSR count). The first-order valence-electron chi connectivity index (χ1n) is 9.13. The lowest BCUT2D eigenvalue weighted by molar-refractivity contribution is -0.385. The molecule has 7 nitrogen and oxygen atoms in total. The number of rotatable bonds is 5. The minimum absolute atomic E-state index is 0.0494.